The van der Waals surface area contributed by atoms with E-state index in [9.17, 15) is 9.90 Å². The van der Waals surface area contributed by atoms with Gasteiger partial charge in [-0.1, -0.05) is 32.9 Å². The van der Waals surface area contributed by atoms with Gasteiger partial charge in [0.15, 0.2) is 0 Å². The molecule has 3 unspecified atom stereocenters. The molecule has 2 heteroatoms. The Morgan fingerprint density at radius 3 is 2.53 bits per heavy atom. The third-order valence-corrected chi connectivity index (χ3v) is 4.87. The van der Waals surface area contributed by atoms with Crippen molar-refractivity contribution in [2.45, 2.75) is 40.0 Å². The molecule has 0 radical (unpaired) electrons. The van der Waals surface area contributed by atoms with Gasteiger partial charge in [-0.2, -0.15) is 0 Å². The highest BCUT2D eigenvalue weighted by molar-refractivity contribution is 5.80. The molecule has 0 aromatic heterocycles. The summed E-state index contributed by atoms with van der Waals surface area (Å²) in [6, 6.07) is 0. The molecule has 0 aromatic carbocycles. The Balaban J connectivity index is 2.50. The molecular weight excluding hydrogens is 188 g/mol. The smallest absolute Gasteiger partial charge is 0.314 e. The van der Waals surface area contributed by atoms with Gasteiger partial charge in [-0.25, -0.2) is 0 Å². The summed E-state index contributed by atoms with van der Waals surface area (Å²) in [5.41, 5.74) is -0.584. The number of fused-ring (bicyclic) bond motifs is 2. The van der Waals surface area contributed by atoms with E-state index in [2.05, 4.69) is 26.8 Å². The van der Waals surface area contributed by atoms with Crippen LogP contribution in [0.25, 0.3) is 0 Å². The first-order valence-electron chi connectivity index (χ1n) is 5.91. The summed E-state index contributed by atoms with van der Waals surface area (Å²) in [5.74, 6) is 0.325. The molecule has 0 aliphatic heterocycles. The molecule has 0 spiro atoms. The molecule has 84 valence electrons. The highest BCUT2D eigenvalue weighted by atomic mass is 16.4. The van der Waals surface area contributed by atoms with Crippen molar-refractivity contribution in [3.05, 3.63) is 12.2 Å². The molecule has 1 fully saturated rings. The lowest BCUT2D eigenvalue weighted by atomic mass is 9.58. The molecule has 1 N–H and O–H groups in total. The van der Waals surface area contributed by atoms with Crippen LogP contribution in [0, 0.1) is 22.7 Å². The Morgan fingerprint density at radius 1 is 1.53 bits per heavy atom. The second-order valence-corrected chi connectivity index (χ2v) is 5.47. The molecule has 3 atom stereocenters. The van der Waals surface area contributed by atoms with Crippen LogP contribution in [0.15, 0.2) is 12.2 Å². The summed E-state index contributed by atoms with van der Waals surface area (Å²) in [6.07, 6.45) is 6.95. The van der Waals surface area contributed by atoms with Crippen LogP contribution in [0.1, 0.15) is 40.0 Å². The number of carbonyl (C=O) groups is 1. The third-order valence-electron chi connectivity index (χ3n) is 4.87. The summed E-state index contributed by atoms with van der Waals surface area (Å²) in [4.78, 5) is 11.6. The van der Waals surface area contributed by atoms with Crippen LogP contribution in [-0.2, 0) is 4.79 Å². The maximum Gasteiger partial charge on any atom is 0.314 e. The van der Waals surface area contributed by atoms with E-state index < -0.39 is 11.4 Å². The van der Waals surface area contributed by atoms with Gasteiger partial charge in [0.05, 0.1) is 5.41 Å². The van der Waals surface area contributed by atoms with Gasteiger partial charge in [0.1, 0.15) is 0 Å². The fraction of sp³-hybridized carbons (Fsp3) is 0.769. The predicted molar refractivity (Wildman–Crippen MR) is 59.5 cm³/mol. The minimum absolute atomic E-state index is 0.0156. The zero-order chi connectivity index (χ0) is 11.3. The summed E-state index contributed by atoms with van der Waals surface area (Å²) in [5, 5.41) is 9.55. The van der Waals surface area contributed by atoms with Gasteiger partial charge in [-0.3, -0.25) is 4.79 Å². The zero-order valence-corrected chi connectivity index (χ0v) is 9.79. The average molecular weight is 208 g/mol. The lowest BCUT2D eigenvalue weighted by Gasteiger charge is -2.45. The number of aliphatic carboxylic acids is 1. The lowest BCUT2D eigenvalue weighted by molar-refractivity contribution is -0.154. The van der Waals surface area contributed by atoms with Crippen LogP contribution < -0.4 is 0 Å². The van der Waals surface area contributed by atoms with Gasteiger partial charge in [-0.15, -0.1) is 0 Å². The van der Waals surface area contributed by atoms with E-state index in [-0.39, 0.29) is 5.41 Å². The number of allylic oxidation sites excluding steroid dienone is 1. The maximum absolute atomic E-state index is 11.6. The first-order chi connectivity index (χ1) is 6.98. The molecule has 2 bridgehead atoms. The largest absolute Gasteiger partial charge is 0.481 e. The SMILES string of the molecule is CCC1(C(C)C)CC2C=CC1(C(=O)O)C2. The van der Waals surface area contributed by atoms with E-state index in [0.717, 1.165) is 19.3 Å². The molecule has 1 saturated carbocycles. The summed E-state index contributed by atoms with van der Waals surface area (Å²) in [7, 11) is 0. The van der Waals surface area contributed by atoms with Crippen molar-refractivity contribution in [2.24, 2.45) is 22.7 Å². The topological polar surface area (TPSA) is 37.3 Å². The summed E-state index contributed by atoms with van der Waals surface area (Å²) in [6.45, 7) is 6.48. The van der Waals surface area contributed by atoms with Gasteiger partial charge >= 0.3 is 5.97 Å². The third kappa shape index (κ3) is 1.08. The quantitative estimate of drug-likeness (QED) is 0.724. The van der Waals surface area contributed by atoms with Gasteiger partial charge in [0.2, 0.25) is 0 Å². The molecule has 0 heterocycles. The standard InChI is InChI=1S/C13H20O2/c1-4-12(9(2)3)7-10-5-6-13(12,8-10)11(14)15/h5-6,9-10H,4,7-8H2,1-3H3,(H,14,15). The van der Waals surface area contributed by atoms with Crippen LogP contribution in [0.3, 0.4) is 0 Å². The van der Waals surface area contributed by atoms with Crippen molar-refractivity contribution >= 4 is 5.97 Å². The predicted octanol–water partition coefficient (Wildman–Crippen LogP) is 3.09. The van der Waals surface area contributed by atoms with Crippen molar-refractivity contribution in [1.82, 2.24) is 0 Å². The Labute approximate surface area is 91.4 Å². The van der Waals surface area contributed by atoms with Crippen LogP contribution in [0.5, 0.6) is 0 Å². The van der Waals surface area contributed by atoms with E-state index in [1.165, 1.54) is 0 Å². The van der Waals surface area contributed by atoms with Crippen molar-refractivity contribution in [3.8, 4) is 0 Å². The van der Waals surface area contributed by atoms with Gasteiger partial charge in [0, 0.05) is 0 Å². The van der Waals surface area contributed by atoms with Crippen molar-refractivity contribution in [3.63, 3.8) is 0 Å². The van der Waals surface area contributed by atoms with E-state index in [4.69, 9.17) is 0 Å². The Morgan fingerprint density at radius 2 is 2.20 bits per heavy atom. The number of rotatable bonds is 3. The molecule has 2 aliphatic carbocycles. The van der Waals surface area contributed by atoms with Crippen molar-refractivity contribution in [1.29, 1.82) is 0 Å². The minimum Gasteiger partial charge on any atom is -0.481 e. The monoisotopic (exact) mass is 208 g/mol. The van der Waals surface area contributed by atoms with Crippen LogP contribution in [0.4, 0.5) is 0 Å². The number of carboxylic acids is 1. The maximum atomic E-state index is 11.6. The second-order valence-electron chi connectivity index (χ2n) is 5.47. The summed E-state index contributed by atoms with van der Waals surface area (Å²) >= 11 is 0. The Kier molecular flexibility index (Phi) is 2.21. The Bertz CT molecular complexity index is 318. The summed E-state index contributed by atoms with van der Waals surface area (Å²) < 4.78 is 0. The molecule has 0 amide bonds. The van der Waals surface area contributed by atoms with Crippen LogP contribution in [-0.4, -0.2) is 11.1 Å². The molecule has 2 aliphatic rings. The second kappa shape index (κ2) is 3.10. The molecular formula is C13H20O2. The van der Waals surface area contributed by atoms with Gasteiger partial charge < -0.3 is 5.11 Å². The molecule has 0 aromatic rings. The number of hydrogen-bond acceptors (Lipinski definition) is 1. The number of carboxylic acid groups (broad SMARTS) is 1. The molecule has 15 heavy (non-hydrogen) atoms. The Hall–Kier alpha value is -0.790. The van der Waals surface area contributed by atoms with Crippen molar-refractivity contribution < 1.29 is 9.90 Å². The molecule has 2 rings (SSSR count). The molecule has 2 nitrogen and oxygen atoms in total. The fourth-order valence-corrected chi connectivity index (χ4v) is 4.00. The van der Waals surface area contributed by atoms with Crippen LogP contribution >= 0.6 is 0 Å². The molecule has 0 saturated heterocycles. The van der Waals surface area contributed by atoms with E-state index in [1.54, 1.807) is 0 Å². The fourth-order valence-electron chi connectivity index (χ4n) is 4.00. The minimum atomic E-state index is -0.616. The van der Waals surface area contributed by atoms with E-state index in [0.29, 0.717) is 11.8 Å². The highest BCUT2D eigenvalue weighted by Crippen LogP contribution is 2.65. The number of hydrogen-bond donors (Lipinski definition) is 1. The van der Waals surface area contributed by atoms with E-state index in [1.807, 2.05) is 6.08 Å². The highest BCUT2D eigenvalue weighted by Gasteiger charge is 2.63. The average Bonchev–Trinajstić information content (AvgIpc) is 2.73. The van der Waals surface area contributed by atoms with Crippen LogP contribution in [0.2, 0.25) is 0 Å². The van der Waals surface area contributed by atoms with Gasteiger partial charge in [-0.05, 0) is 36.5 Å². The van der Waals surface area contributed by atoms with Crippen molar-refractivity contribution in [2.75, 3.05) is 0 Å². The first kappa shape index (κ1) is 10.7. The zero-order valence-electron chi connectivity index (χ0n) is 9.79. The first-order valence-corrected chi connectivity index (χ1v) is 5.91. The van der Waals surface area contributed by atoms with E-state index >= 15 is 0 Å². The van der Waals surface area contributed by atoms with Gasteiger partial charge in [0.25, 0.3) is 0 Å². The lowest BCUT2D eigenvalue weighted by Crippen LogP contribution is -2.45. The normalized spacial score (nSPS) is 42.8.